The Bertz CT molecular complexity index is 1870. The van der Waals surface area contributed by atoms with Gasteiger partial charge in [-0.3, -0.25) is 9.59 Å². The number of carbonyl (C=O) groups is 4. The highest BCUT2D eigenvalue weighted by Gasteiger charge is 2.67. The summed E-state index contributed by atoms with van der Waals surface area (Å²) >= 11 is 31.5. The molecule has 3 aromatic rings. The van der Waals surface area contributed by atoms with E-state index in [1.165, 1.54) is 53.7 Å². The number of amides is 4. The molecule has 2 N–H and O–H groups in total. The van der Waals surface area contributed by atoms with Gasteiger partial charge in [0.1, 0.15) is 21.2 Å². The van der Waals surface area contributed by atoms with E-state index in [0.717, 1.165) is 12.1 Å². The van der Waals surface area contributed by atoms with Crippen molar-refractivity contribution < 1.29 is 37.4 Å². The van der Waals surface area contributed by atoms with Gasteiger partial charge in [0.15, 0.2) is 11.6 Å². The number of hydrogen-bond donors (Lipinski definition) is 2. The number of hydrogen-bond acceptors (Lipinski definition) is 6. The van der Waals surface area contributed by atoms with Crippen LogP contribution < -0.4 is 15.5 Å². The van der Waals surface area contributed by atoms with Gasteiger partial charge in [0.05, 0.1) is 32.2 Å². The van der Waals surface area contributed by atoms with Crippen LogP contribution in [-0.2, 0) is 14.3 Å². The molecule has 1 aliphatic carbocycles. The Morgan fingerprint density at radius 1 is 0.820 bits per heavy atom. The predicted molar refractivity (Wildman–Crippen MR) is 191 cm³/mol. The Kier molecular flexibility index (Phi) is 11.3. The fraction of sp³-hybridized carbons (Fsp3) is 0.353. The molecule has 0 bridgehead atoms. The molecule has 0 aliphatic heterocycles. The van der Waals surface area contributed by atoms with Crippen LogP contribution in [-0.4, -0.2) is 39.5 Å². The summed E-state index contributed by atoms with van der Waals surface area (Å²) in [5.41, 5.74) is -3.22. The first-order valence-electron chi connectivity index (χ1n) is 14.9. The molecule has 0 unspecified atom stereocenters. The Hall–Kier alpha value is -3.35. The molecule has 4 amide bonds. The van der Waals surface area contributed by atoms with Crippen molar-refractivity contribution in [2.24, 2.45) is 5.92 Å². The summed E-state index contributed by atoms with van der Waals surface area (Å²) in [5.74, 6) is -5.89. The van der Waals surface area contributed by atoms with Crippen molar-refractivity contribution in [1.29, 1.82) is 0 Å². The number of imide groups is 1. The van der Waals surface area contributed by atoms with Crippen molar-refractivity contribution >= 4 is 99.1 Å². The van der Waals surface area contributed by atoms with Crippen molar-refractivity contribution in [3.63, 3.8) is 0 Å². The molecule has 1 fully saturated rings. The van der Waals surface area contributed by atoms with Crippen LogP contribution in [0.1, 0.15) is 68.9 Å². The van der Waals surface area contributed by atoms with Crippen LogP contribution in [0.2, 0.25) is 15.1 Å². The van der Waals surface area contributed by atoms with Crippen LogP contribution in [0.4, 0.5) is 35.4 Å². The number of alkyl halides is 2. The quantitative estimate of drug-likeness (QED) is 0.240. The fourth-order valence-corrected chi connectivity index (χ4v) is 6.23. The molecule has 9 nitrogen and oxygen atoms in total. The summed E-state index contributed by atoms with van der Waals surface area (Å²) in [4.78, 5) is 53.0. The number of ether oxygens (including phenoxy) is 2. The van der Waals surface area contributed by atoms with Gasteiger partial charge in [-0.1, -0.05) is 40.9 Å². The van der Waals surface area contributed by atoms with Gasteiger partial charge in [-0.25, -0.2) is 18.4 Å². The number of aryl methyl sites for hydroxylation is 1. The van der Waals surface area contributed by atoms with E-state index in [1.54, 1.807) is 25.1 Å². The van der Waals surface area contributed by atoms with E-state index in [-0.39, 0.29) is 26.2 Å². The van der Waals surface area contributed by atoms with Gasteiger partial charge < -0.3 is 20.1 Å². The third-order valence-electron chi connectivity index (χ3n) is 7.10. The maximum absolute atomic E-state index is 16.0. The Balaban J connectivity index is 1.63. The van der Waals surface area contributed by atoms with Crippen LogP contribution >= 0.6 is 58.0 Å². The Labute approximate surface area is 312 Å². The fourth-order valence-electron chi connectivity index (χ4n) is 4.90. The maximum Gasteiger partial charge on any atom is 0.424 e. The van der Waals surface area contributed by atoms with Crippen molar-refractivity contribution in [2.45, 2.75) is 69.9 Å². The lowest BCUT2D eigenvalue weighted by molar-refractivity contribution is -0.117. The average Bonchev–Trinajstić information content (AvgIpc) is 3.55. The Morgan fingerprint density at radius 3 is 1.94 bits per heavy atom. The van der Waals surface area contributed by atoms with E-state index in [0.29, 0.717) is 16.1 Å². The van der Waals surface area contributed by atoms with Gasteiger partial charge in [0.25, 0.3) is 5.91 Å². The number of nitrogens with one attached hydrogen (secondary N) is 2. The smallest absolute Gasteiger partial charge is 0.424 e. The highest BCUT2D eigenvalue weighted by Crippen LogP contribution is 2.65. The minimum Gasteiger partial charge on any atom is -0.443 e. The first-order chi connectivity index (χ1) is 22.9. The van der Waals surface area contributed by atoms with E-state index in [1.807, 2.05) is 0 Å². The molecule has 0 radical (unpaired) electrons. The molecule has 268 valence electrons. The summed E-state index contributed by atoms with van der Waals surface area (Å²) in [6.07, 6.45) is -2.85. The molecule has 0 heterocycles. The van der Waals surface area contributed by atoms with Crippen molar-refractivity contribution in [2.75, 3.05) is 15.5 Å². The van der Waals surface area contributed by atoms with Gasteiger partial charge in [0, 0.05) is 11.6 Å². The molecule has 3 aromatic carbocycles. The second-order valence-corrected chi connectivity index (χ2v) is 16.1. The standard InChI is InChI=1S/C34H32Cl5F2N3O6/c1-15-12-17(42-29(46)24-23(34(24,38)39)16-8-9-19(35)20(36)13-16)14-18(25(15)37)28(45)43-22-11-10-21(40)27(26(22)41)44(30(47)49-32(2,3)4)31(48)50-33(5,6)7/h8-14,23-24H,1-7H3,(H,42,46)(H,43,45)/t23-,24+/m0/s1. The molecule has 50 heavy (non-hydrogen) atoms. The normalized spacial score (nSPS) is 16.7. The first kappa shape index (κ1) is 39.4. The molecule has 1 saturated carbocycles. The number of carbonyl (C=O) groups excluding carboxylic acids is 4. The summed E-state index contributed by atoms with van der Waals surface area (Å²) in [5, 5.41) is 5.49. The average molecular weight is 794 g/mol. The highest BCUT2D eigenvalue weighted by atomic mass is 35.5. The van der Waals surface area contributed by atoms with Gasteiger partial charge in [0.2, 0.25) is 5.91 Å². The van der Waals surface area contributed by atoms with Crippen molar-refractivity contribution in [1.82, 2.24) is 0 Å². The molecule has 0 spiro atoms. The zero-order valence-corrected chi connectivity index (χ0v) is 31.5. The van der Waals surface area contributed by atoms with Gasteiger partial charge in [-0.2, -0.15) is 4.90 Å². The molecule has 16 heteroatoms. The summed E-state index contributed by atoms with van der Waals surface area (Å²) < 4.78 is 40.2. The second-order valence-electron chi connectivity index (χ2n) is 13.5. The highest BCUT2D eigenvalue weighted by molar-refractivity contribution is 6.53. The minimum absolute atomic E-state index is 0.0449. The van der Waals surface area contributed by atoms with Crippen LogP contribution in [0.25, 0.3) is 0 Å². The molecule has 2 atom stereocenters. The van der Waals surface area contributed by atoms with Gasteiger partial charge in [-0.15, -0.1) is 23.2 Å². The third-order valence-corrected chi connectivity index (χ3v) is 9.28. The van der Waals surface area contributed by atoms with E-state index in [9.17, 15) is 19.2 Å². The van der Waals surface area contributed by atoms with Crippen LogP contribution in [0, 0.1) is 24.5 Å². The zero-order valence-electron chi connectivity index (χ0n) is 27.7. The van der Waals surface area contributed by atoms with E-state index in [4.69, 9.17) is 67.5 Å². The summed E-state index contributed by atoms with van der Waals surface area (Å²) in [6, 6.07) is 9.13. The van der Waals surface area contributed by atoms with Crippen LogP contribution in [0.5, 0.6) is 0 Å². The van der Waals surface area contributed by atoms with Gasteiger partial charge in [-0.05, 0) is 96.0 Å². The SMILES string of the molecule is Cc1cc(NC(=O)[C@H]2[C@H](c3ccc(Cl)c(Cl)c3)C2(Cl)Cl)cc(C(=O)Nc2ccc(F)c(N(C(=O)OC(C)(C)C)C(=O)OC(C)(C)C)c2F)c1Cl. The van der Waals surface area contributed by atoms with Crippen LogP contribution in [0.3, 0.4) is 0 Å². The third kappa shape index (κ3) is 8.74. The van der Waals surface area contributed by atoms with Gasteiger partial charge >= 0.3 is 12.2 Å². The molecular weight excluding hydrogens is 762 g/mol. The molecule has 4 rings (SSSR count). The van der Waals surface area contributed by atoms with Crippen LogP contribution in [0.15, 0.2) is 42.5 Å². The number of nitrogens with zero attached hydrogens (tertiary/aromatic N) is 1. The lowest BCUT2D eigenvalue weighted by Gasteiger charge is -2.29. The predicted octanol–water partition coefficient (Wildman–Crippen LogP) is 10.7. The second kappa shape index (κ2) is 14.3. The van der Waals surface area contributed by atoms with E-state index in [2.05, 4.69) is 10.6 Å². The molecule has 0 aromatic heterocycles. The zero-order chi connectivity index (χ0) is 37.7. The maximum atomic E-state index is 16.0. The molecule has 0 saturated heterocycles. The summed E-state index contributed by atoms with van der Waals surface area (Å²) in [6.45, 7) is 10.5. The van der Waals surface area contributed by atoms with E-state index < -0.39 is 74.4 Å². The monoisotopic (exact) mass is 791 g/mol. The van der Waals surface area contributed by atoms with E-state index >= 15 is 8.78 Å². The summed E-state index contributed by atoms with van der Waals surface area (Å²) in [7, 11) is 0. The first-order valence-corrected chi connectivity index (χ1v) is 16.8. The Morgan fingerprint density at radius 2 is 1.40 bits per heavy atom. The van der Waals surface area contributed by atoms with Crippen molar-refractivity contribution in [3.05, 3.63) is 85.9 Å². The lowest BCUT2D eigenvalue weighted by Crippen LogP contribution is -2.44. The number of halogens is 7. The molecular formula is C34H32Cl5F2N3O6. The number of benzene rings is 3. The number of rotatable bonds is 6. The lowest BCUT2D eigenvalue weighted by atomic mass is 10.1. The largest absolute Gasteiger partial charge is 0.443 e. The molecule has 1 aliphatic rings. The minimum atomic E-state index is -1.49. The topological polar surface area (TPSA) is 114 Å². The van der Waals surface area contributed by atoms with Crippen molar-refractivity contribution in [3.8, 4) is 0 Å². The number of anilines is 3.